The van der Waals surface area contributed by atoms with Crippen LogP contribution in [0, 0.1) is 0 Å². The Labute approximate surface area is 113 Å². The normalized spacial score (nSPS) is 17.4. The molecule has 1 aromatic heterocycles. The summed E-state index contributed by atoms with van der Waals surface area (Å²) in [6.45, 7) is 7.52. The second-order valence-corrected chi connectivity index (χ2v) is 5.20. The lowest BCUT2D eigenvalue weighted by molar-refractivity contribution is -0.134. The highest BCUT2D eigenvalue weighted by Crippen LogP contribution is 2.16. The molecule has 0 radical (unpaired) electrons. The number of H-pyrrole nitrogens is 1. The molecule has 0 aliphatic carbocycles. The van der Waals surface area contributed by atoms with Gasteiger partial charge in [-0.2, -0.15) is 0 Å². The maximum absolute atomic E-state index is 12.3. The first-order valence-electron chi connectivity index (χ1n) is 6.70. The van der Waals surface area contributed by atoms with Gasteiger partial charge in [0.15, 0.2) is 0 Å². The van der Waals surface area contributed by atoms with Crippen LogP contribution in [0.3, 0.4) is 0 Å². The topological polar surface area (TPSA) is 70.2 Å². The molecule has 6 heteroatoms. The number of morpholine rings is 1. The smallest absolute Gasteiger partial charge is 0.239 e. The number of hydrogen-bond donors (Lipinski definition) is 2. The van der Waals surface area contributed by atoms with Crippen LogP contribution in [0.25, 0.3) is 0 Å². The molecule has 0 unspecified atom stereocenters. The van der Waals surface area contributed by atoms with Crippen LogP contribution in [0.2, 0.25) is 0 Å². The molecule has 6 nitrogen and oxygen atoms in total. The van der Waals surface area contributed by atoms with Crippen molar-refractivity contribution in [2.45, 2.75) is 25.8 Å². The second-order valence-electron chi connectivity index (χ2n) is 5.20. The van der Waals surface area contributed by atoms with Gasteiger partial charge in [-0.3, -0.25) is 9.69 Å². The van der Waals surface area contributed by atoms with E-state index in [0.717, 1.165) is 25.3 Å². The van der Waals surface area contributed by atoms with Gasteiger partial charge in [0, 0.05) is 38.4 Å². The van der Waals surface area contributed by atoms with Crippen molar-refractivity contribution >= 4 is 5.91 Å². The number of rotatable bonds is 5. The molecule has 2 heterocycles. The molecule has 1 amide bonds. The fraction of sp³-hybridized carbons (Fsp3) is 0.692. The van der Waals surface area contributed by atoms with Gasteiger partial charge in [-0.15, -0.1) is 0 Å². The Morgan fingerprint density at radius 3 is 2.89 bits per heavy atom. The standard InChI is InChI=1S/C13H22N4O2/c1-13(2,17-7-9-19-10-8-17)12(18)16-4-3-11-14-5-6-15-11/h5-6H,3-4,7-10H2,1-2H3,(H,14,15)(H,16,18). The molecule has 0 spiro atoms. The third-order valence-electron chi connectivity index (χ3n) is 3.56. The summed E-state index contributed by atoms with van der Waals surface area (Å²) in [4.78, 5) is 21.6. The highest BCUT2D eigenvalue weighted by Gasteiger charge is 2.35. The number of carbonyl (C=O) groups is 1. The van der Waals surface area contributed by atoms with Gasteiger partial charge in [-0.25, -0.2) is 4.98 Å². The number of hydrogen-bond acceptors (Lipinski definition) is 4. The first-order chi connectivity index (χ1) is 9.10. The van der Waals surface area contributed by atoms with Crippen molar-refractivity contribution in [3.63, 3.8) is 0 Å². The van der Waals surface area contributed by atoms with E-state index in [2.05, 4.69) is 20.2 Å². The molecule has 1 saturated heterocycles. The lowest BCUT2D eigenvalue weighted by Crippen LogP contribution is -2.58. The molecule has 0 atom stereocenters. The molecule has 2 rings (SSSR count). The van der Waals surface area contributed by atoms with Crippen LogP contribution in [0.5, 0.6) is 0 Å². The van der Waals surface area contributed by atoms with Gasteiger partial charge in [0.25, 0.3) is 0 Å². The Kier molecular flexibility index (Phi) is 4.55. The molecule has 1 aliphatic heterocycles. The summed E-state index contributed by atoms with van der Waals surface area (Å²) in [7, 11) is 0. The second kappa shape index (κ2) is 6.16. The van der Waals surface area contributed by atoms with Crippen LogP contribution < -0.4 is 5.32 Å². The molecule has 1 aliphatic rings. The third kappa shape index (κ3) is 3.54. The van der Waals surface area contributed by atoms with E-state index in [1.54, 1.807) is 12.4 Å². The van der Waals surface area contributed by atoms with Crippen LogP contribution in [-0.4, -0.2) is 59.2 Å². The van der Waals surface area contributed by atoms with Crippen molar-refractivity contribution in [2.24, 2.45) is 0 Å². The fourth-order valence-electron chi connectivity index (χ4n) is 2.21. The SMILES string of the molecule is CC(C)(C(=O)NCCc1ncc[nH]1)N1CCOCC1. The summed E-state index contributed by atoms with van der Waals surface area (Å²) in [6, 6.07) is 0. The zero-order valence-electron chi connectivity index (χ0n) is 11.6. The van der Waals surface area contributed by atoms with E-state index in [-0.39, 0.29) is 5.91 Å². The van der Waals surface area contributed by atoms with Crippen LogP contribution in [-0.2, 0) is 16.0 Å². The minimum Gasteiger partial charge on any atom is -0.379 e. The predicted octanol–water partition coefficient (Wildman–Crippen LogP) is 0.179. The molecule has 0 bridgehead atoms. The summed E-state index contributed by atoms with van der Waals surface area (Å²) in [6.07, 6.45) is 4.22. The number of nitrogens with one attached hydrogen (secondary N) is 2. The van der Waals surface area contributed by atoms with E-state index in [9.17, 15) is 4.79 Å². The number of aromatic nitrogens is 2. The Hall–Kier alpha value is -1.40. The summed E-state index contributed by atoms with van der Waals surface area (Å²) in [5.74, 6) is 0.949. The van der Waals surface area contributed by atoms with Crippen molar-refractivity contribution in [2.75, 3.05) is 32.8 Å². The Balaban J connectivity index is 1.80. The van der Waals surface area contributed by atoms with Crippen molar-refractivity contribution in [3.05, 3.63) is 18.2 Å². The highest BCUT2D eigenvalue weighted by atomic mass is 16.5. The average molecular weight is 266 g/mol. The van der Waals surface area contributed by atoms with Crippen LogP contribution >= 0.6 is 0 Å². The molecule has 1 aromatic rings. The zero-order valence-corrected chi connectivity index (χ0v) is 11.6. The van der Waals surface area contributed by atoms with Gasteiger partial charge < -0.3 is 15.0 Å². The van der Waals surface area contributed by atoms with Gasteiger partial charge in [0.1, 0.15) is 5.82 Å². The summed E-state index contributed by atoms with van der Waals surface area (Å²) in [5, 5.41) is 2.98. The lowest BCUT2D eigenvalue weighted by atomic mass is 10.0. The maximum Gasteiger partial charge on any atom is 0.239 e. The fourth-order valence-corrected chi connectivity index (χ4v) is 2.21. The first-order valence-corrected chi connectivity index (χ1v) is 6.70. The molecule has 19 heavy (non-hydrogen) atoms. The van der Waals surface area contributed by atoms with E-state index in [1.165, 1.54) is 0 Å². The van der Waals surface area contributed by atoms with Crippen molar-refractivity contribution in [3.8, 4) is 0 Å². The van der Waals surface area contributed by atoms with Crippen molar-refractivity contribution < 1.29 is 9.53 Å². The number of imidazole rings is 1. The molecular weight excluding hydrogens is 244 g/mol. The minimum absolute atomic E-state index is 0.0564. The molecule has 1 fully saturated rings. The molecule has 0 saturated carbocycles. The quantitative estimate of drug-likeness (QED) is 0.797. The molecule has 0 aromatic carbocycles. The van der Waals surface area contributed by atoms with E-state index >= 15 is 0 Å². The van der Waals surface area contributed by atoms with E-state index in [0.29, 0.717) is 19.8 Å². The Bertz CT molecular complexity index is 397. The van der Waals surface area contributed by atoms with Gasteiger partial charge >= 0.3 is 0 Å². The van der Waals surface area contributed by atoms with E-state index in [4.69, 9.17) is 4.74 Å². The Morgan fingerprint density at radius 1 is 1.53 bits per heavy atom. The van der Waals surface area contributed by atoms with Crippen LogP contribution in [0.4, 0.5) is 0 Å². The molecular formula is C13H22N4O2. The minimum atomic E-state index is -0.493. The average Bonchev–Trinajstić information content (AvgIpc) is 2.93. The van der Waals surface area contributed by atoms with E-state index < -0.39 is 5.54 Å². The molecule has 2 N–H and O–H groups in total. The van der Waals surface area contributed by atoms with Crippen LogP contribution in [0.15, 0.2) is 12.4 Å². The Morgan fingerprint density at radius 2 is 2.26 bits per heavy atom. The summed E-state index contributed by atoms with van der Waals surface area (Å²) >= 11 is 0. The third-order valence-corrected chi connectivity index (χ3v) is 3.56. The number of nitrogens with zero attached hydrogens (tertiary/aromatic N) is 2. The van der Waals surface area contributed by atoms with Gasteiger partial charge in [-0.1, -0.05) is 0 Å². The van der Waals surface area contributed by atoms with Gasteiger partial charge in [-0.05, 0) is 13.8 Å². The summed E-state index contributed by atoms with van der Waals surface area (Å²) < 4.78 is 5.32. The van der Waals surface area contributed by atoms with Crippen molar-refractivity contribution in [1.29, 1.82) is 0 Å². The number of aromatic amines is 1. The van der Waals surface area contributed by atoms with E-state index in [1.807, 2.05) is 13.8 Å². The van der Waals surface area contributed by atoms with Gasteiger partial charge in [0.2, 0.25) is 5.91 Å². The number of amides is 1. The maximum atomic E-state index is 12.3. The van der Waals surface area contributed by atoms with Crippen molar-refractivity contribution in [1.82, 2.24) is 20.2 Å². The molecule has 106 valence electrons. The number of carbonyl (C=O) groups excluding carboxylic acids is 1. The largest absolute Gasteiger partial charge is 0.379 e. The predicted molar refractivity (Wildman–Crippen MR) is 71.8 cm³/mol. The first kappa shape index (κ1) is 14.0. The lowest BCUT2D eigenvalue weighted by Gasteiger charge is -2.39. The van der Waals surface area contributed by atoms with Gasteiger partial charge in [0.05, 0.1) is 18.8 Å². The van der Waals surface area contributed by atoms with Crippen LogP contribution in [0.1, 0.15) is 19.7 Å². The zero-order chi connectivity index (χ0) is 13.7. The number of ether oxygens (including phenoxy) is 1. The summed E-state index contributed by atoms with van der Waals surface area (Å²) in [5.41, 5.74) is -0.493. The monoisotopic (exact) mass is 266 g/mol. The highest BCUT2D eigenvalue weighted by molar-refractivity contribution is 5.85.